The first-order chi connectivity index (χ1) is 7.06. The van der Waals surface area contributed by atoms with Crippen molar-refractivity contribution in [2.24, 2.45) is 0 Å². The Morgan fingerprint density at radius 1 is 1.40 bits per heavy atom. The van der Waals surface area contributed by atoms with Crippen molar-refractivity contribution in [1.29, 1.82) is 0 Å². The molecule has 0 unspecified atom stereocenters. The van der Waals surface area contributed by atoms with Crippen LogP contribution in [0.5, 0.6) is 0 Å². The first-order valence-corrected chi connectivity index (χ1v) is 5.67. The van der Waals surface area contributed by atoms with Gasteiger partial charge in [-0.2, -0.15) is 0 Å². The lowest BCUT2D eigenvalue weighted by molar-refractivity contribution is 0.415. The molecule has 2 rings (SSSR count). The molecule has 1 N–H and O–H groups in total. The Morgan fingerprint density at radius 3 is 2.80 bits per heavy atom. The molecular weight excluding hydrogens is 254 g/mol. The predicted molar refractivity (Wildman–Crippen MR) is 65.0 cm³/mol. The van der Waals surface area contributed by atoms with Crippen LogP contribution in [-0.2, 0) is 5.54 Å². The zero-order chi connectivity index (χ0) is 11.1. The van der Waals surface area contributed by atoms with Gasteiger partial charge in [-0.05, 0) is 49.0 Å². The van der Waals surface area contributed by atoms with Crippen molar-refractivity contribution in [2.45, 2.75) is 19.4 Å². The lowest BCUT2D eigenvalue weighted by Crippen LogP contribution is -2.35. The van der Waals surface area contributed by atoms with E-state index >= 15 is 0 Å². The summed E-state index contributed by atoms with van der Waals surface area (Å²) in [5.41, 5.74) is 0.951. The Hall–Kier alpha value is -0.870. The maximum Gasteiger partial charge on any atom is 0.134 e. The van der Waals surface area contributed by atoms with E-state index in [1.165, 1.54) is 0 Å². The number of nitrogens with zero attached hydrogens (tertiary/aromatic N) is 2. The van der Waals surface area contributed by atoms with Crippen molar-refractivity contribution >= 4 is 21.4 Å². The first-order valence-electron chi connectivity index (χ1n) is 4.88. The molecule has 0 fully saturated rings. The fourth-order valence-corrected chi connectivity index (χ4v) is 2.04. The predicted octanol–water partition coefficient (Wildman–Crippen LogP) is 2.55. The molecular formula is C11H14BrN3. The third-order valence-corrected chi connectivity index (χ3v) is 3.27. The maximum atomic E-state index is 4.55. The van der Waals surface area contributed by atoms with Crippen LogP contribution in [0.2, 0.25) is 0 Å². The van der Waals surface area contributed by atoms with Gasteiger partial charge in [0.2, 0.25) is 0 Å². The van der Waals surface area contributed by atoms with Crippen LogP contribution in [0.25, 0.3) is 5.52 Å². The van der Waals surface area contributed by atoms with E-state index in [4.69, 9.17) is 0 Å². The van der Waals surface area contributed by atoms with E-state index in [-0.39, 0.29) is 5.54 Å². The summed E-state index contributed by atoms with van der Waals surface area (Å²) >= 11 is 3.48. The van der Waals surface area contributed by atoms with Gasteiger partial charge in [0.1, 0.15) is 10.4 Å². The number of pyridine rings is 1. The number of aromatic nitrogens is 2. The van der Waals surface area contributed by atoms with Gasteiger partial charge in [-0.15, -0.1) is 0 Å². The lowest BCUT2D eigenvalue weighted by Gasteiger charge is -2.22. The second kappa shape index (κ2) is 3.61. The van der Waals surface area contributed by atoms with Crippen LogP contribution in [0.3, 0.4) is 0 Å². The standard InChI is InChI=1S/C11H14BrN3/c1-11(2,13-3)10-14-9(12)8-6-4-5-7-15(8)10/h4-7,13H,1-3H3. The molecule has 0 amide bonds. The summed E-state index contributed by atoms with van der Waals surface area (Å²) in [6, 6.07) is 6.07. The molecule has 4 heteroatoms. The first kappa shape index (κ1) is 10.6. The minimum atomic E-state index is -0.143. The highest BCUT2D eigenvalue weighted by atomic mass is 79.9. The molecule has 2 aromatic heterocycles. The average molecular weight is 268 g/mol. The SMILES string of the molecule is CNC(C)(C)c1nc(Br)c2ccccn12. The topological polar surface area (TPSA) is 29.3 Å². The van der Waals surface area contributed by atoms with Crippen molar-refractivity contribution in [3.05, 3.63) is 34.8 Å². The maximum absolute atomic E-state index is 4.55. The Kier molecular flexibility index (Phi) is 2.56. The third-order valence-electron chi connectivity index (χ3n) is 2.69. The molecule has 0 atom stereocenters. The zero-order valence-electron chi connectivity index (χ0n) is 9.08. The highest BCUT2D eigenvalue weighted by molar-refractivity contribution is 9.10. The van der Waals surface area contributed by atoms with Gasteiger partial charge in [0.25, 0.3) is 0 Å². The molecule has 3 nitrogen and oxygen atoms in total. The molecule has 2 aromatic rings. The van der Waals surface area contributed by atoms with E-state index in [0.29, 0.717) is 0 Å². The van der Waals surface area contributed by atoms with Crippen molar-refractivity contribution < 1.29 is 0 Å². The molecule has 80 valence electrons. The summed E-state index contributed by atoms with van der Waals surface area (Å²) in [7, 11) is 1.94. The largest absolute Gasteiger partial charge is 0.308 e. The van der Waals surface area contributed by atoms with Gasteiger partial charge in [0.05, 0.1) is 11.1 Å². The summed E-state index contributed by atoms with van der Waals surface area (Å²) in [4.78, 5) is 4.55. The average Bonchev–Trinajstić information content (AvgIpc) is 2.58. The molecule has 0 aliphatic rings. The Morgan fingerprint density at radius 2 is 2.13 bits per heavy atom. The molecule has 0 spiro atoms. The van der Waals surface area contributed by atoms with E-state index in [9.17, 15) is 0 Å². The van der Waals surface area contributed by atoms with Gasteiger partial charge in [-0.25, -0.2) is 4.98 Å². The number of halogens is 1. The molecule has 0 bridgehead atoms. The third kappa shape index (κ3) is 1.68. The second-order valence-electron chi connectivity index (χ2n) is 4.06. The fourth-order valence-electron chi connectivity index (χ4n) is 1.55. The van der Waals surface area contributed by atoms with E-state index in [0.717, 1.165) is 15.9 Å². The Bertz CT molecular complexity index is 488. The quantitative estimate of drug-likeness (QED) is 0.907. The molecule has 0 saturated carbocycles. The smallest absolute Gasteiger partial charge is 0.134 e. The summed E-state index contributed by atoms with van der Waals surface area (Å²) < 4.78 is 2.99. The van der Waals surface area contributed by atoms with E-state index in [2.05, 4.69) is 44.5 Å². The lowest BCUT2D eigenvalue weighted by atomic mass is 10.1. The summed E-state index contributed by atoms with van der Waals surface area (Å²) in [6.45, 7) is 4.22. The number of hydrogen-bond acceptors (Lipinski definition) is 2. The summed E-state index contributed by atoms with van der Waals surface area (Å²) in [6.07, 6.45) is 2.03. The molecule has 0 saturated heterocycles. The Labute approximate surface area is 97.6 Å². The number of imidazole rings is 1. The normalized spacial score (nSPS) is 12.3. The van der Waals surface area contributed by atoms with Gasteiger partial charge < -0.3 is 9.72 Å². The molecule has 15 heavy (non-hydrogen) atoms. The fraction of sp³-hybridized carbons (Fsp3) is 0.364. The van der Waals surface area contributed by atoms with Crippen LogP contribution >= 0.6 is 15.9 Å². The van der Waals surface area contributed by atoms with Crippen LogP contribution in [0.4, 0.5) is 0 Å². The highest BCUT2D eigenvalue weighted by Crippen LogP contribution is 2.25. The molecule has 0 aliphatic carbocycles. The zero-order valence-corrected chi connectivity index (χ0v) is 10.7. The highest BCUT2D eigenvalue weighted by Gasteiger charge is 2.24. The second-order valence-corrected chi connectivity index (χ2v) is 4.81. The molecule has 0 aromatic carbocycles. The number of hydrogen-bond donors (Lipinski definition) is 1. The van der Waals surface area contributed by atoms with E-state index in [1.54, 1.807) is 0 Å². The molecule has 0 radical (unpaired) electrons. The molecule has 2 heterocycles. The summed E-state index contributed by atoms with van der Waals surface area (Å²) in [5, 5.41) is 3.26. The summed E-state index contributed by atoms with van der Waals surface area (Å²) in [5.74, 6) is 1.01. The van der Waals surface area contributed by atoms with Gasteiger partial charge in [0.15, 0.2) is 0 Å². The van der Waals surface area contributed by atoms with Crippen molar-refractivity contribution in [1.82, 2.24) is 14.7 Å². The van der Waals surface area contributed by atoms with Crippen LogP contribution in [0.15, 0.2) is 29.0 Å². The number of rotatable bonds is 2. The van der Waals surface area contributed by atoms with Crippen LogP contribution < -0.4 is 5.32 Å². The van der Waals surface area contributed by atoms with E-state index < -0.39 is 0 Å². The Balaban J connectivity index is 2.72. The van der Waals surface area contributed by atoms with Crippen molar-refractivity contribution in [2.75, 3.05) is 7.05 Å². The van der Waals surface area contributed by atoms with Gasteiger partial charge in [-0.3, -0.25) is 0 Å². The minimum absolute atomic E-state index is 0.143. The number of nitrogens with one attached hydrogen (secondary N) is 1. The van der Waals surface area contributed by atoms with Crippen LogP contribution in [-0.4, -0.2) is 16.4 Å². The van der Waals surface area contributed by atoms with Crippen molar-refractivity contribution in [3.8, 4) is 0 Å². The monoisotopic (exact) mass is 267 g/mol. The van der Waals surface area contributed by atoms with Crippen molar-refractivity contribution in [3.63, 3.8) is 0 Å². The van der Waals surface area contributed by atoms with Gasteiger partial charge in [-0.1, -0.05) is 6.07 Å². The minimum Gasteiger partial charge on any atom is -0.308 e. The van der Waals surface area contributed by atoms with Crippen LogP contribution in [0.1, 0.15) is 19.7 Å². The van der Waals surface area contributed by atoms with E-state index in [1.807, 2.05) is 31.4 Å². The number of fused-ring (bicyclic) bond motifs is 1. The van der Waals surface area contributed by atoms with Gasteiger partial charge in [0, 0.05) is 6.20 Å². The molecule has 0 aliphatic heterocycles. The van der Waals surface area contributed by atoms with Gasteiger partial charge >= 0.3 is 0 Å². The van der Waals surface area contributed by atoms with Crippen LogP contribution in [0, 0.1) is 0 Å².